The summed E-state index contributed by atoms with van der Waals surface area (Å²) in [6, 6.07) is 89.7. The summed E-state index contributed by atoms with van der Waals surface area (Å²) in [5, 5.41) is 12.5. The van der Waals surface area contributed by atoms with E-state index in [0.717, 1.165) is 17.1 Å². The summed E-state index contributed by atoms with van der Waals surface area (Å²) in [5.41, 5.74) is 13.9. The van der Waals surface area contributed by atoms with Crippen molar-refractivity contribution < 1.29 is 0 Å². The molecular formula is C65H46N2. The molecule has 13 rings (SSSR count). The lowest BCUT2D eigenvalue weighted by atomic mass is 9.73. The van der Waals surface area contributed by atoms with Crippen LogP contribution in [0.5, 0.6) is 0 Å². The fourth-order valence-electron chi connectivity index (χ4n) is 11.2. The molecule has 1 aliphatic heterocycles. The Morgan fingerprint density at radius 1 is 0.313 bits per heavy atom. The van der Waals surface area contributed by atoms with Crippen molar-refractivity contribution in [1.82, 2.24) is 0 Å². The maximum absolute atomic E-state index is 2.56. The molecule has 2 heteroatoms. The highest BCUT2D eigenvalue weighted by molar-refractivity contribution is 6.26. The van der Waals surface area contributed by atoms with Crippen LogP contribution in [0.15, 0.2) is 243 Å². The Morgan fingerprint density at radius 3 is 1.55 bits per heavy atom. The first kappa shape index (κ1) is 39.0. The lowest BCUT2D eigenvalue weighted by Crippen LogP contribution is -2.31. The minimum absolute atomic E-state index is 0.329. The third-order valence-corrected chi connectivity index (χ3v) is 14.4. The van der Waals surface area contributed by atoms with Crippen molar-refractivity contribution in [2.75, 3.05) is 9.80 Å². The number of fused-ring (bicyclic) bond motifs is 10. The summed E-state index contributed by atoms with van der Waals surface area (Å²) in [5.74, 6) is 0. The molecule has 0 N–H and O–H groups in total. The van der Waals surface area contributed by atoms with E-state index < -0.39 is 0 Å². The van der Waals surface area contributed by atoms with Gasteiger partial charge in [0.15, 0.2) is 0 Å². The van der Waals surface area contributed by atoms with Crippen LogP contribution in [0.3, 0.4) is 0 Å². The molecule has 12 aromatic rings. The predicted octanol–water partition coefficient (Wildman–Crippen LogP) is 18.4. The standard InChI is InChI=1S/C65H46N2/c1-65(2)60-29-14-15-30-62(60)67(64-51-23-9-7-20-46(51)33-38-58(64)52-28-16-21-45-19-6-8-22-50(45)52)63-40-37-49(42-61(63)65)66(47-34-31-44(32-35-47)43-17-4-3-5-18-43)48-36-39-57-55-26-11-10-24-53(55)54-25-12-13-27-56(54)59(57)41-48/h3-42H,1-2H3. The van der Waals surface area contributed by atoms with Gasteiger partial charge in [0.1, 0.15) is 0 Å². The van der Waals surface area contributed by atoms with Crippen LogP contribution in [-0.2, 0) is 5.41 Å². The molecule has 1 heterocycles. The molecule has 0 radical (unpaired) electrons. The van der Waals surface area contributed by atoms with Crippen LogP contribution >= 0.6 is 0 Å². The third kappa shape index (κ3) is 6.18. The number of benzene rings is 12. The fraction of sp³-hybridized carbons (Fsp3) is 0.0462. The van der Waals surface area contributed by atoms with Crippen molar-refractivity contribution in [2.24, 2.45) is 0 Å². The molecule has 316 valence electrons. The van der Waals surface area contributed by atoms with Gasteiger partial charge >= 0.3 is 0 Å². The van der Waals surface area contributed by atoms with Gasteiger partial charge < -0.3 is 9.80 Å². The van der Waals surface area contributed by atoms with Crippen LogP contribution in [0.1, 0.15) is 25.0 Å². The molecule has 0 amide bonds. The van der Waals surface area contributed by atoms with Crippen molar-refractivity contribution in [1.29, 1.82) is 0 Å². The third-order valence-electron chi connectivity index (χ3n) is 14.4. The van der Waals surface area contributed by atoms with E-state index >= 15 is 0 Å². The lowest BCUT2D eigenvalue weighted by molar-refractivity contribution is 0.632. The molecule has 0 spiro atoms. The van der Waals surface area contributed by atoms with Crippen LogP contribution in [0, 0.1) is 0 Å². The molecule has 0 saturated heterocycles. The van der Waals surface area contributed by atoms with Crippen LogP contribution < -0.4 is 9.80 Å². The van der Waals surface area contributed by atoms with Gasteiger partial charge in [0.05, 0.1) is 17.1 Å². The van der Waals surface area contributed by atoms with E-state index in [2.05, 4.69) is 266 Å². The van der Waals surface area contributed by atoms with Gasteiger partial charge in [-0.15, -0.1) is 0 Å². The first-order valence-corrected chi connectivity index (χ1v) is 23.3. The minimum atomic E-state index is -0.329. The van der Waals surface area contributed by atoms with E-state index in [1.165, 1.54) is 104 Å². The molecule has 0 aromatic heterocycles. The molecule has 1 aliphatic rings. The van der Waals surface area contributed by atoms with Crippen LogP contribution in [0.25, 0.3) is 76.1 Å². The van der Waals surface area contributed by atoms with Gasteiger partial charge in [0.25, 0.3) is 0 Å². The molecular weight excluding hydrogens is 809 g/mol. The van der Waals surface area contributed by atoms with Crippen LogP contribution in [0.4, 0.5) is 34.1 Å². The Balaban J connectivity index is 1.06. The summed E-state index contributed by atoms with van der Waals surface area (Å²) in [7, 11) is 0. The summed E-state index contributed by atoms with van der Waals surface area (Å²) < 4.78 is 0. The number of anilines is 6. The quantitative estimate of drug-likeness (QED) is 0.154. The summed E-state index contributed by atoms with van der Waals surface area (Å²) in [6.45, 7) is 4.79. The van der Waals surface area contributed by atoms with Gasteiger partial charge in [0, 0.05) is 33.4 Å². The monoisotopic (exact) mass is 854 g/mol. The van der Waals surface area contributed by atoms with E-state index in [1.54, 1.807) is 0 Å². The maximum atomic E-state index is 2.56. The molecule has 0 atom stereocenters. The first-order chi connectivity index (χ1) is 33.0. The van der Waals surface area contributed by atoms with E-state index in [4.69, 9.17) is 0 Å². The molecule has 0 bridgehead atoms. The van der Waals surface area contributed by atoms with E-state index in [9.17, 15) is 0 Å². The number of hydrogen-bond acceptors (Lipinski definition) is 2. The second kappa shape index (κ2) is 15.3. The Hall–Kier alpha value is -8.46. The second-order valence-corrected chi connectivity index (χ2v) is 18.5. The minimum Gasteiger partial charge on any atom is -0.310 e. The van der Waals surface area contributed by atoms with Crippen molar-refractivity contribution >= 4 is 88.0 Å². The first-order valence-electron chi connectivity index (χ1n) is 23.3. The summed E-state index contributed by atoms with van der Waals surface area (Å²) in [4.78, 5) is 5.02. The normalized spacial score (nSPS) is 13.0. The van der Waals surface area contributed by atoms with Crippen LogP contribution in [0.2, 0.25) is 0 Å². The van der Waals surface area contributed by atoms with Gasteiger partial charge in [-0.05, 0) is 125 Å². The number of nitrogens with zero attached hydrogens (tertiary/aromatic N) is 2. The topological polar surface area (TPSA) is 6.48 Å². The molecule has 0 saturated carbocycles. The van der Waals surface area contributed by atoms with E-state index in [1.807, 2.05) is 0 Å². The lowest BCUT2D eigenvalue weighted by Gasteiger charge is -2.43. The molecule has 0 fully saturated rings. The van der Waals surface area contributed by atoms with Gasteiger partial charge in [-0.3, -0.25) is 0 Å². The number of hydrogen-bond donors (Lipinski definition) is 0. The van der Waals surface area contributed by atoms with E-state index in [0.29, 0.717) is 0 Å². The fourth-order valence-corrected chi connectivity index (χ4v) is 11.2. The van der Waals surface area contributed by atoms with E-state index in [-0.39, 0.29) is 5.41 Å². The number of para-hydroxylation sites is 1. The van der Waals surface area contributed by atoms with Crippen LogP contribution in [-0.4, -0.2) is 0 Å². The number of rotatable bonds is 6. The second-order valence-electron chi connectivity index (χ2n) is 18.5. The van der Waals surface area contributed by atoms with Gasteiger partial charge in [0.2, 0.25) is 0 Å². The Morgan fingerprint density at radius 2 is 0.821 bits per heavy atom. The highest BCUT2D eigenvalue weighted by atomic mass is 15.2. The Kier molecular flexibility index (Phi) is 8.91. The van der Waals surface area contributed by atoms with Crippen molar-refractivity contribution in [2.45, 2.75) is 19.3 Å². The zero-order valence-electron chi connectivity index (χ0n) is 37.5. The van der Waals surface area contributed by atoms with Crippen molar-refractivity contribution in [3.8, 4) is 22.3 Å². The SMILES string of the molecule is CC1(C)c2ccccc2N(c2c(-c3cccc4ccccc34)ccc3ccccc23)c2ccc(N(c3ccc(-c4ccccc4)cc3)c3ccc4c5ccccc5c5ccccc5c4c3)cc21. The smallest absolute Gasteiger partial charge is 0.0618 e. The maximum Gasteiger partial charge on any atom is 0.0618 e. The summed E-state index contributed by atoms with van der Waals surface area (Å²) in [6.07, 6.45) is 0. The molecule has 2 nitrogen and oxygen atoms in total. The average molecular weight is 855 g/mol. The van der Waals surface area contributed by atoms with Gasteiger partial charge in [-0.25, -0.2) is 0 Å². The zero-order valence-corrected chi connectivity index (χ0v) is 37.5. The van der Waals surface area contributed by atoms with Crippen molar-refractivity contribution in [3.05, 3.63) is 254 Å². The van der Waals surface area contributed by atoms with Gasteiger partial charge in [-0.2, -0.15) is 0 Å². The Bertz CT molecular complexity index is 3860. The van der Waals surface area contributed by atoms with Gasteiger partial charge in [-0.1, -0.05) is 208 Å². The summed E-state index contributed by atoms with van der Waals surface area (Å²) >= 11 is 0. The largest absolute Gasteiger partial charge is 0.310 e. The molecule has 0 unspecified atom stereocenters. The molecule has 12 aromatic carbocycles. The zero-order chi connectivity index (χ0) is 44.6. The Labute approximate surface area is 391 Å². The highest BCUT2D eigenvalue weighted by Gasteiger charge is 2.39. The molecule has 67 heavy (non-hydrogen) atoms. The molecule has 0 aliphatic carbocycles. The van der Waals surface area contributed by atoms with Crippen molar-refractivity contribution in [3.63, 3.8) is 0 Å². The highest BCUT2D eigenvalue weighted by Crippen LogP contribution is 2.56. The average Bonchev–Trinajstić information content (AvgIpc) is 3.39. The predicted molar refractivity (Wildman–Crippen MR) is 286 cm³/mol.